The molecule has 0 atom stereocenters. The molecule has 2 amide bonds. The van der Waals surface area contributed by atoms with Crippen molar-refractivity contribution >= 4 is 29.3 Å². The summed E-state index contributed by atoms with van der Waals surface area (Å²) in [5.74, 6) is -1.07. The molecule has 0 heterocycles. The number of hydrogen-bond acceptors (Lipinski definition) is 4. The summed E-state index contributed by atoms with van der Waals surface area (Å²) >= 11 is 0. The SMILES string of the molecule is COC(=O)Nc1cccc(NC(=O)CC2(CC(=O)O)CCCCC2)c1. The molecule has 0 aliphatic heterocycles. The molecule has 1 aliphatic rings. The average molecular weight is 348 g/mol. The van der Waals surface area contributed by atoms with E-state index in [9.17, 15) is 19.5 Å². The number of ether oxygens (including phenoxy) is 1. The second-order valence-corrected chi connectivity index (χ2v) is 6.55. The Hall–Kier alpha value is -2.57. The van der Waals surface area contributed by atoms with Gasteiger partial charge in [0.05, 0.1) is 13.5 Å². The molecule has 0 spiro atoms. The van der Waals surface area contributed by atoms with Gasteiger partial charge in [-0.1, -0.05) is 25.3 Å². The van der Waals surface area contributed by atoms with E-state index in [0.29, 0.717) is 11.4 Å². The standard InChI is InChI=1S/C18H24N2O5/c1-25-17(24)20-14-7-5-6-13(10-14)19-15(21)11-18(12-16(22)23)8-3-2-4-9-18/h5-7,10H,2-4,8-9,11-12H2,1H3,(H,19,21)(H,20,24)(H,22,23). The highest BCUT2D eigenvalue weighted by Gasteiger charge is 2.36. The first-order chi connectivity index (χ1) is 11.9. The van der Waals surface area contributed by atoms with E-state index in [1.165, 1.54) is 7.11 Å². The Labute approximate surface area is 146 Å². The Morgan fingerprint density at radius 3 is 2.32 bits per heavy atom. The molecule has 0 radical (unpaired) electrons. The highest BCUT2D eigenvalue weighted by Crippen LogP contribution is 2.42. The van der Waals surface area contributed by atoms with Crippen LogP contribution in [0.4, 0.5) is 16.2 Å². The lowest BCUT2D eigenvalue weighted by atomic mass is 9.69. The van der Waals surface area contributed by atoms with Crippen LogP contribution in [0.5, 0.6) is 0 Å². The van der Waals surface area contributed by atoms with Gasteiger partial charge in [-0.25, -0.2) is 4.79 Å². The molecule has 0 saturated heterocycles. The molecule has 136 valence electrons. The zero-order valence-electron chi connectivity index (χ0n) is 14.3. The highest BCUT2D eigenvalue weighted by molar-refractivity contribution is 5.93. The molecule has 1 aliphatic carbocycles. The zero-order chi connectivity index (χ0) is 18.3. The fraction of sp³-hybridized carbons (Fsp3) is 0.500. The van der Waals surface area contributed by atoms with Crippen LogP contribution >= 0.6 is 0 Å². The molecule has 25 heavy (non-hydrogen) atoms. The Morgan fingerprint density at radius 1 is 1.08 bits per heavy atom. The van der Waals surface area contributed by atoms with Crippen LogP contribution in [0, 0.1) is 5.41 Å². The molecule has 2 rings (SSSR count). The summed E-state index contributed by atoms with van der Waals surface area (Å²) < 4.78 is 4.53. The number of hydrogen-bond donors (Lipinski definition) is 3. The number of carbonyl (C=O) groups excluding carboxylic acids is 2. The lowest BCUT2D eigenvalue weighted by Gasteiger charge is -2.35. The minimum Gasteiger partial charge on any atom is -0.481 e. The largest absolute Gasteiger partial charge is 0.481 e. The van der Waals surface area contributed by atoms with E-state index < -0.39 is 17.5 Å². The first kappa shape index (κ1) is 18.8. The molecule has 3 N–H and O–H groups in total. The van der Waals surface area contributed by atoms with Gasteiger partial charge in [0.15, 0.2) is 0 Å². The number of carboxylic acids is 1. The Morgan fingerprint density at radius 2 is 1.72 bits per heavy atom. The molecule has 0 aromatic heterocycles. The second-order valence-electron chi connectivity index (χ2n) is 6.55. The normalized spacial score (nSPS) is 15.9. The number of methoxy groups -OCH3 is 1. The minimum absolute atomic E-state index is 0.0182. The molecule has 0 unspecified atom stereocenters. The fourth-order valence-corrected chi connectivity index (χ4v) is 3.43. The Kier molecular flexibility index (Phi) is 6.38. The van der Waals surface area contributed by atoms with Gasteiger partial charge in [0.25, 0.3) is 0 Å². The van der Waals surface area contributed by atoms with Gasteiger partial charge < -0.3 is 15.2 Å². The maximum absolute atomic E-state index is 12.4. The lowest BCUT2D eigenvalue weighted by Crippen LogP contribution is -2.32. The highest BCUT2D eigenvalue weighted by atomic mass is 16.5. The van der Waals surface area contributed by atoms with Gasteiger partial charge in [0.2, 0.25) is 5.91 Å². The van der Waals surface area contributed by atoms with E-state index >= 15 is 0 Å². The van der Waals surface area contributed by atoms with Crippen LogP contribution in [-0.4, -0.2) is 30.2 Å². The maximum Gasteiger partial charge on any atom is 0.411 e. The number of carboxylic acid groups (broad SMARTS) is 1. The van der Waals surface area contributed by atoms with Crippen molar-refractivity contribution in [3.8, 4) is 0 Å². The van der Waals surface area contributed by atoms with Gasteiger partial charge in [-0.05, 0) is 36.5 Å². The van der Waals surface area contributed by atoms with Gasteiger partial charge in [-0.3, -0.25) is 14.9 Å². The summed E-state index contributed by atoms with van der Waals surface area (Å²) in [6.07, 6.45) is 4.14. The first-order valence-electron chi connectivity index (χ1n) is 8.39. The first-order valence-corrected chi connectivity index (χ1v) is 8.39. The van der Waals surface area contributed by atoms with Crippen molar-refractivity contribution in [1.29, 1.82) is 0 Å². The second kappa shape index (κ2) is 8.50. The topological polar surface area (TPSA) is 105 Å². The van der Waals surface area contributed by atoms with Crippen LogP contribution in [0.2, 0.25) is 0 Å². The fourth-order valence-electron chi connectivity index (χ4n) is 3.43. The van der Waals surface area contributed by atoms with Crippen molar-refractivity contribution in [3.63, 3.8) is 0 Å². The van der Waals surface area contributed by atoms with Crippen molar-refractivity contribution in [2.24, 2.45) is 5.41 Å². The van der Waals surface area contributed by atoms with Gasteiger partial charge in [0, 0.05) is 17.8 Å². The predicted molar refractivity (Wildman–Crippen MR) is 93.5 cm³/mol. The van der Waals surface area contributed by atoms with E-state index in [-0.39, 0.29) is 18.7 Å². The van der Waals surface area contributed by atoms with Crippen LogP contribution in [0.3, 0.4) is 0 Å². The van der Waals surface area contributed by atoms with E-state index in [1.807, 2.05) is 0 Å². The number of carbonyl (C=O) groups is 3. The molecule has 1 aromatic rings. The number of rotatable bonds is 6. The summed E-state index contributed by atoms with van der Waals surface area (Å²) in [7, 11) is 1.27. The van der Waals surface area contributed by atoms with E-state index in [0.717, 1.165) is 32.1 Å². The summed E-state index contributed by atoms with van der Waals surface area (Å²) in [5.41, 5.74) is 0.582. The predicted octanol–water partition coefficient (Wildman–Crippen LogP) is 3.62. The van der Waals surface area contributed by atoms with Crippen LogP contribution in [0.1, 0.15) is 44.9 Å². The number of nitrogens with one attached hydrogen (secondary N) is 2. The molecule has 1 aromatic carbocycles. The number of anilines is 2. The van der Waals surface area contributed by atoms with Crippen molar-refractivity contribution < 1.29 is 24.2 Å². The minimum atomic E-state index is -0.862. The smallest absolute Gasteiger partial charge is 0.411 e. The summed E-state index contributed by atoms with van der Waals surface area (Å²) in [4.78, 5) is 34.9. The summed E-state index contributed by atoms with van der Waals surface area (Å²) in [6, 6.07) is 6.72. The Bertz CT molecular complexity index is 638. The van der Waals surface area contributed by atoms with Gasteiger partial charge in [-0.2, -0.15) is 0 Å². The summed E-state index contributed by atoms with van der Waals surface area (Å²) in [5, 5.41) is 14.5. The Balaban J connectivity index is 2.01. The molecule has 1 saturated carbocycles. The zero-order valence-corrected chi connectivity index (χ0v) is 14.3. The third-order valence-corrected chi connectivity index (χ3v) is 4.55. The van der Waals surface area contributed by atoms with Crippen LogP contribution in [0.15, 0.2) is 24.3 Å². The molecule has 7 heteroatoms. The van der Waals surface area contributed by atoms with E-state index in [1.54, 1.807) is 24.3 Å². The van der Waals surface area contributed by atoms with Crippen LogP contribution in [-0.2, 0) is 14.3 Å². The monoisotopic (exact) mass is 348 g/mol. The summed E-state index contributed by atoms with van der Waals surface area (Å²) in [6.45, 7) is 0. The number of aliphatic carboxylic acids is 1. The number of benzene rings is 1. The van der Waals surface area contributed by atoms with Crippen LogP contribution in [0.25, 0.3) is 0 Å². The lowest BCUT2D eigenvalue weighted by molar-refractivity contribution is -0.140. The molecule has 0 bridgehead atoms. The molecular formula is C18H24N2O5. The van der Waals surface area contributed by atoms with Crippen molar-refractivity contribution in [2.75, 3.05) is 17.7 Å². The van der Waals surface area contributed by atoms with Gasteiger partial charge in [0.1, 0.15) is 0 Å². The van der Waals surface area contributed by atoms with Gasteiger partial charge >= 0.3 is 12.1 Å². The van der Waals surface area contributed by atoms with Crippen molar-refractivity contribution in [2.45, 2.75) is 44.9 Å². The van der Waals surface area contributed by atoms with Crippen molar-refractivity contribution in [3.05, 3.63) is 24.3 Å². The average Bonchev–Trinajstić information content (AvgIpc) is 2.54. The molecule has 1 fully saturated rings. The third-order valence-electron chi connectivity index (χ3n) is 4.55. The third kappa shape index (κ3) is 5.77. The van der Waals surface area contributed by atoms with E-state index in [4.69, 9.17) is 0 Å². The van der Waals surface area contributed by atoms with Crippen molar-refractivity contribution in [1.82, 2.24) is 0 Å². The van der Waals surface area contributed by atoms with E-state index in [2.05, 4.69) is 15.4 Å². The molecule has 7 nitrogen and oxygen atoms in total. The number of amides is 2. The quantitative estimate of drug-likeness (QED) is 0.728. The molecular weight excluding hydrogens is 324 g/mol. The van der Waals surface area contributed by atoms with Gasteiger partial charge in [-0.15, -0.1) is 0 Å². The van der Waals surface area contributed by atoms with Crippen LogP contribution < -0.4 is 10.6 Å². The maximum atomic E-state index is 12.4.